The summed E-state index contributed by atoms with van der Waals surface area (Å²) in [5.74, 6) is -1.26. The van der Waals surface area contributed by atoms with E-state index in [-0.39, 0.29) is 43.7 Å². The molecule has 0 saturated heterocycles. The number of hydrogen-bond acceptors (Lipinski definition) is 17. The van der Waals surface area contributed by atoms with Crippen LogP contribution in [0, 0.1) is 0 Å². The molecule has 0 saturated carbocycles. The Hall–Kier alpha value is -4.79. The maximum absolute atomic E-state index is 13.2. The van der Waals surface area contributed by atoms with Crippen molar-refractivity contribution < 1.29 is 42.8 Å². The number of esters is 1. The molecule has 0 spiro atoms. The lowest BCUT2D eigenvalue weighted by Gasteiger charge is -2.24. The van der Waals surface area contributed by atoms with Crippen molar-refractivity contribution in [3.63, 3.8) is 0 Å². The van der Waals surface area contributed by atoms with Gasteiger partial charge in [-0.25, -0.2) is 14.8 Å². The first-order valence-corrected chi connectivity index (χ1v) is 18.1. The zero-order valence-electron chi connectivity index (χ0n) is 32.2. The Balaban J connectivity index is 1.37. The van der Waals surface area contributed by atoms with Crippen molar-refractivity contribution in [2.75, 3.05) is 103 Å². The fraction of sp³-hybridized carbons (Fsp3) is 0.583. The zero-order chi connectivity index (χ0) is 40.1. The molecule has 2 heterocycles. The first-order chi connectivity index (χ1) is 26.4. The first kappa shape index (κ1) is 44.6. The van der Waals surface area contributed by atoms with Crippen LogP contribution in [0.1, 0.15) is 49.7 Å². The number of carbonyl (C=O) groups is 3. The van der Waals surface area contributed by atoms with E-state index in [1.807, 2.05) is 11.9 Å². The summed E-state index contributed by atoms with van der Waals surface area (Å²) in [7, 11) is 1.86. The molecule has 8 N–H and O–H groups in total. The summed E-state index contributed by atoms with van der Waals surface area (Å²) in [5.41, 5.74) is 18.5. The molecule has 0 bridgehead atoms. The van der Waals surface area contributed by atoms with Gasteiger partial charge in [0.25, 0.3) is 5.91 Å². The van der Waals surface area contributed by atoms with Crippen LogP contribution >= 0.6 is 0 Å². The number of carbonyl (C=O) groups excluding carboxylic acids is 3. The monoisotopic (exact) mass is 772 g/mol. The van der Waals surface area contributed by atoms with Gasteiger partial charge in [0.1, 0.15) is 11.6 Å². The highest BCUT2D eigenvalue weighted by molar-refractivity contribution is 5.97. The smallest absolute Gasteiger partial charge is 0.329 e. The maximum atomic E-state index is 13.2. The van der Waals surface area contributed by atoms with Gasteiger partial charge in [-0.3, -0.25) is 9.59 Å². The molecule has 3 aromatic rings. The predicted octanol–water partition coefficient (Wildman–Crippen LogP) is 0.599. The second-order valence-corrected chi connectivity index (χ2v) is 13.2. The van der Waals surface area contributed by atoms with E-state index in [1.54, 1.807) is 51.2 Å². The minimum atomic E-state index is -1.05. The summed E-state index contributed by atoms with van der Waals surface area (Å²) < 4.78 is 32.5. The molecule has 2 aromatic heterocycles. The van der Waals surface area contributed by atoms with Crippen molar-refractivity contribution in [3.8, 4) is 0 Å². The number of nitrogens with one attached hydrogen (secondary N) is 2. The molecular formula is C36H56N10O9. The summed E-state index contributed by atoms with van der Waals surface area (Å²) in [6, 6.07) is 5.76. The Morgan fingerprint density at radius 1 is 0.818 bits per heavy atom. The highest BCUT2D eigenvalue weighted by atomic mass is 16.6. The quantitative estimate of drug-likeness (QED) is 0.0552. The zero-order valence-corrected chi connectivity index (χ0v) is 32.2. The van der Waals surface area contributed by atoms with Crippen molar-refractivity contribution >= 4 is 46.4 Å². The van der Waals surface area contributed by atoms with Gasteiger partial charge in [0.15, 0.2) is 17.0 Å². The number of nitrogen functional groups attached to an aromatic ring is 2. The Bertz CT molecular complexity index is 1630. The third kappa shape index (κ3) is 17.5. The number of anilines is 3. The van der Waals surface area contributed by atoms with Crippen LogP contribution < -0.4 is 32.7 Å². The average molecular weight is 773 g/mol. The maximum Gasteiger partial charge on any atom is 0.329 e. The van der Waals surface area contributed by atoms with Crippen molar-refractivity contribution in [2.45, 2.75) is 51.8 Å². The van der Waals surface area contributed by atoms with E-state index in [4.69, 9.17) is 45.6 Å². The molecular weight excluding hydrogens is 716 g/mol. The van der Waals surface area contributed by atoms with Crippen molar-refractivity contribution in [2.24, 2.45) is 5.73 Å². The molecule has 0 aliphatic carbocycles. The lowest BCUT2D eigenvalue weighted by Crippen LogP contribution is -2.45. The fourth-order valence-electron chi connectivity index (χ4n) is 4.82. The van der Waals surface area contributed by atoms with Crippen LogP contribution in [-0.2, 0) is 44.6 Å². The van der Waals surface area contributed by atoms with E-state index >= 15 is 0 Å². The molecule has 1 unspecified atom stereocenters. The second-order valence-electron chi connectivity index (χ2n) is 13.2. The van der Waals surface area contributed by atoms with Crippen LogP contribution in [0.2, 0.25) is 0 Å². The molecule has 0 radical (unpaired) electrons. The average Bonchev–Trinajstić information content (AvgIpc) is 3.14. The molecule has 1 atom stereocenters. The number of rotatable bonds is 26. The minimum Gasteiger partial charge on any atom is -0.458 e. The molecule has 3 rings (SSSR count). The molecule has 0 aliphatic heterocycles. The normalized spacial score (nSPS) is 12.0. The highest BCUT2D eigenvalue weighted by Gasteiger charge is 2.27. The summed E-state index contributed by atoms with van der Waals surface area (Å²) in [6.07, 6.45) is 1.60. The molecule has 0 fully saturated rings. The highest BCUT2D eigenvalue weighted by Crippen LogP contribution is 2.19. The van der Waals surface area contributed by atoms with Gasteiger partial charge in [0.2, 0.25) is 11.9 Å². The second kappa shape index (κ2) is 23.9. The van der Waals surface area contributed by atoms with Crippen LogP contribution in [0.5, 0.6) is 0 Å². The van der Waals surface area contributed by atoms with Crippen LogP contribution in [0.15, 0.2) is 30.5 Å². The van der Waals surface area contributed by atoms with Crippen LogP contribution in [0.4, 0.5) is 17.5 Å². The molecule has 304 valence electrons. The van der Waals surface area contributed by atoms with Crippen molar-refractivity contribution in [3.05, 3.63) is 41.7 Å². The SMILES string of the molecule is CN(Cc1cnc2nc(N)nc(N)c2n1)c1ccc(C(=O)NC(CCC(=O)NCCOCCOCCOCCOCCOCCN)C(=O)OC(C)(C)C)cc1. The van der Waals surface area contributed by atoms with Gasteiger partial charge in [-0.2, -0.15) is 9.97 Å². The van der Waals surface area contributed by atoms with E-state index in [1.165, 1.54) is 0 Å². The van der Waals surface area contributed by atoms with E-state index in [0.29, 0.717) is 95.0 Å². The third-order valence-electron chi connectivity index (χ3n) is 7.45. The van der Waals surface area contributed by atoms with Gasteiger partial charge in [0, 0.05) is 37.8 Å². The Kier molecular flexibility index (Phi) is 19.4. The number of hydrogen-bond donors (Lipinski definition) is 5. The summed E-state index contributed by atoms with van der Waals surface area (Å²) >= 11 is 0. The topological polar surface area (TPSA) is 264 Å². The number of ether oxygens (including phenoxy) is 6. The Morgan fingerprint density at radius 3 is 1.98 bits per heavy atom. The standard InChI is InChI=1S/C36H56N10O9/c1-36(2,3)55-34(49)28(9-10-29(47)40-12-14-51-16-18-53-20-22-54-21-19-52-17-15-50-13-11-37)43-33(48)25-5-7-27(8-6-25)46(4)24-26-23-41-32-30(42-26)31(38)44-35(39)45-32/h5-8,23,28H,9-22,24,37H2,1-4H3,(H,40,47)(H,43,48)(H4,38,39,41,44,45). The van der Waals surface area contributed by atoms with Gasteiger partial charge >= 0.3 is 5.97 Å². The minimum absolute atomic E-state index is 0.0192. The van der Waals surface area contributed by atoms with Crippen molar-refractivity contribution in [1.29, 1.82) is 0 Å². The molecule has 0 aliphatic rings. The Morgan fingerprint density at radius 2 is 1.40 bits per heavy atom. The van der Waals surface area contributed by atoms with Gasteiger partial charge in [-0.1, -0.05) is 0 Å². The lowest BCUT2D eigenvalue weighted by molar-refractivity contribution is -0.157. The molecule has 19 nitrogen and oxygen atoms in total. The fourth-order valence-corrected chi connectivity index (χ4v) is 4.82. The van der Waals surface area contributed by atoms with Crippen molar-refractivity contribution in [1.82, 2.24) is 30.6 Å². The number of nitrogens with zero attached hydrogens (tertiary/aromatic N) is 5. The molecule has 2 amide bonds. The number of aromatic nitrogens is 4. The van der Waals surface area contributed by atoms with Gasteiger partial charge in [0.05, 0.1) is 84.5 Å². The molecule has 1 aromatic carbocycles. The molecule has 19 heteroatoms. The molecule has 55 heavy (non-hydrogen) atoms. The number of amides is 2. The summed E-state index contributed by atoms with van der Waals surface area (Å²) in [6.45, 7) is 10.7. The number of nitrogens with two attached hydrogens (primary N) is 3. The lowest BCUT2D eigenvalue weighted by atomic mass is 10.1. The van der Waals surface area contributed by atoms with E-state index < -0.39 is 23.5 Å². The van der Waals surface area contributed by atoms with Gasteiger partial charge in [-0.15, -0.1) is 0 Å². The van der Waals surface area contributed by atoms with Crippen LogP contribution in [0.25, 0.3) is 11.2 Å². The summed E-state index contributed by atoms with van der Waals surface area (Å²) in [5, 5.41) is 5.49. The Labute approximate surface area is 321 Å². The van der Waals surface area contributed by atoms with Gasteiger partial charge < -0.3 is 61.2 Å². The van der Waals surface area contributed by atoms with Crippen LogP contribution in [-0.4, -0.2) is 136 Å². The van der Waals surface area contributed by atoms with E-state index in [9.17, 15) is 14.4 Å². The van der Waals surface area contributed by atoms with E-state index in [2.05, 4.69) is 30.6 Å². The number of benzene rings is 1. The largest absolute Gasteiger partial charge is 0.458 e. The first-order valence-electron chi connectivity index (χ1n) is 18.1. The van der Waals surface area contributed by atoms with E-state index in [0.717, 1.165) is 5.69 Å². The summed E-state index contributed by atoms with van der Waals surface area (Å²) in [4.78, 5) is 57.6. The van der Waals surface area contributed by atoms with Crippen LogP contribution in [0.3, 0.4) is 0 Å². The number of fused-ring (bicyclic) bond motifs is 1. The van der Waals surface area contributed by atoms with Gasteiger partial charge in [-0.05, 0) is 51.5 Å². The third-order valence-corrected chi connectivity index (χ3v) is 7.45. The predicted molar refractivity (Wildman–Crippen MR) is 205 cm³/mol.